The zero-order valence-electron chi connectivity index (χ0n) is 14.8. The molecule has 0 bridgehead atoms. The number of rotatable bonds is 5. The molecule has 0 unspecified atom stereocenters. The Morgan fingerprint density at radius 1 is 1.04 bits per heavy atom. The molecule has 0 spiro atoms. The third-order valence-corrected chi connectivity index (χ3v) is 4.85. The van der Waals surface area contributed by atoms with Crippen molar-refractivity contribution in [2.45, 2.75) is 20.3 Å². The van der Waals surface area contributed by atoms with Crippen LogP contribution < -0.4 is 0 Å². The van der Waals surface area contributed by atoms with Crippen LogP contribution in [0.1, 0.15) is 29.9 Å². The van der Waals surface area contributed by atoms with Crippen LogP contribution in [0.4, 0.5) is 0 Å². The second-order valence-corrected chi connectivity index (χ2v) is 7.04. The SMILES string of the molecule is CCOC(=O)c1nn(-c2ccc(Cl)cc2Cl)c(-c2ccc(Cl)cc2)c1CC. The lowest BCUT2D eigenvalue weighted by atomic mass is 10.0. The van der Waals surface area contributed by atoms with E-state index in [9.17, 15) is 4.79 Å². The van der Waals surface area contributed by atoms with E-state index in [-0.39, 0.29) is 12.3 Å². The molecule has 0 aliphatic rings. The van der Waals surface area contributed by atoms with Crippen LogP contribution >= 0.6 is 34.8 Å². The van der Waals surface area contributed by atoms with E-state index in [1.54, 1.807) is 41.9 Å². The van der Waals surface area contributed by atoms with Crippen molar-refractivity contribution in [1.29, 1.82) is 0 Å². The Balaban J connectivity index is 2.30. The fourth-order valence-electron chi connectivity index (χ4n) is 2.88. The van der Waals surface area contributed by atoms with E-state index in [1.807, 2.05) is 19.1 Å². The van der Waals surface area contributed by atoms with Crippen molar-refractivity contribution < 1.29 is 9.53 Å². The van der Waals surface area contributed by atoms with Gasteiger partial charge in [0.15, 0.2) is 5.69 Å². The van der Waals surface area contributed by atoms with Gasteiger partial charge in [0.05, 0.1) is 23.0 Å². The summed E-state index contributed by atoms with van der Waals surface area (Å²) in [5.41, 5.74) is 3.31. The molecular formula is C20H17Cl3N2O2. The van der Waals surface area contributed by atoms with Gasteiger partial charge in [-0.25, -0.2) is 9.48 Å². The first-order valence-corrected chi connectivity index (χ1v) is 9.60. The number of aromatic nitrogens is 2. The van der Waals surface area contributed by atoms with E-state index in [1.165, 1.54) is 0 Å². The first-order valence-electron chi connectivity index (χ1n) is 8.46. The fourth-order valence-corrected chi connectivity index (χ4v) is 3.49. The molecule has 0 fully saturated rings. The minimum absolute atomic E-state index is 0.271. The lowest BCUT2D eigenvalue weighted by Gasteiger charge is -2.11. The Hall–Kier alpha value is -2.01. The molecule has 0 atom stereocenters. The molecule has 1 heterocycles. The second kappa shape index (κ2) is 8.34. The first kappa shape index (κ1) is 19.7. The predicted octanol–water partition coefficient (Wildman–Crippen LogP) is 6.24. The van der Waals surface area contributed by atoms with Crippen LogP contribution in [0, 0.1) is 0 Å². The number of halogens is 3. The van der Waals surface area contributed by atoms with Crippen LogP contribution in [-0.2, 0) is 11.2 Å². The molecule has 0 amide bonds. The number of carbonyl (C=O) groups excluding carboxylic acids is 1. The van der Waals surface area contributed by atoms with Gasteiger partial charge in [0.25, 0.3) is 0 Å². The van der Waals surface area contributed by atoms with Crippen molar-refractivity contribution in [3.8, 4) is 16.9 Å². The maximum Gasteiger partial charge on any atom is 0.359 e. The molecule has 140 valence electrons. The van der Waals surface area contributed by atoms with Crippen molar-refractivity contribution in [3.63, 3.8) is 0 Å². The summed E-state index contributed by atoms with van der Waals surface area (Å²) in [6.45, 7) is 4.00. The number of hydrogen-bond donors (Lipinski definition) is 0. The Bertz CT molecular complexity index is 982. The zero-order valence-corrected chi connectivity index (χ0v) is 17.1. The van der Waals surface area contributed by atoms with Crippen LogP contribution in [0.5, 0.6) is 0 Å². The molecule has 0 aliphatic heterocycles. The Labute approximate surface area is 172 Å². The average molecular weight is 424 g/mol. The van der Waals surface area contributed by atoms with Crippen molar-refractivity contribution in [1.82, 2.24) is 9.78 Å². The van der Waals surface area contributed by atoms with Gasteiger partial charge >= 0.3 is 5.97 Å². The van der Waals surface area contributed by atoms with Crippen LogP contribution in [0.15, 0.2) is 42.5 Å². The largest absolute Gasteiger partial charge is 0.461 e. The van der Waals surface area contributed by atoms with Gasteiger partial charge in [0.2, 0.25) is 0 Å². The molecule has 27 heavy (non-hydrogen) atoms. The van der Waals surface area contributed by atoms with Gasteiger partial charge in [-0.05, 0) is 43.7 Å². The van der Waals surface area contributed by atoms with Gasteiger partial charge < -0.3 is 4.74 Å². The molecule has 1 aromatic heterocycles. The molecule has 0 saturated carbocycles. The summed E-state index contributed by atoms with van der Waals surface area (Å²) in [5, 5.41) is 6.11. The van der Waals surface area contributed by atoms with Gasteiger partial charge in [-0.3, -0.25) is 0 Å². The lowest BCUT2D eigenvalue weighted by Crippen LogP contribution is -2.08. The first-order chi connectivity index (χ1) is 13.0. The van der Waals surface area contributed by atoms with Gasteiger partial charge in [0, 0.05) is 21.2 Å². The van der Waals surface area contributed by atoms with Crippen molar-refractivity contribution in [2.75, 3.05) is 6.61 Å². The summed E-state index contributed by atoms with van der Waals surface area (Å²) >= 11 is 18.5. The van der Waals surface area contributed by atoms with Crippen molar-refractivity contribution >= 4 is 40.8 Å². The molecule has 0 saturated heterocycles. The van der Waals surface area contributed by atoms with E-state index in [2.05, 4.69) is 5.10 Å². The highest BCUT2D eigenvalue weighted by molar-refractivity contribution is 6.35. The van der Waals surface area contributed by atoms with Crippen molar-refractivity contribution in [2.24, 2.45) is 0 Å². The highest BCUT2D eigenvalue weighted by atomic mass is 35.5. The standard InChI is InChI=1S/C20H17Cl3N2O2/c1-3-15-18(20(26)27-4-2)24-25(17-10-9-14(22)11-16(17)23)19(15)12-5-7-13(21)8-6-12/h5-11H,3-4H2,1-2H3. The maximum atomic E-state index is 12.5. The zero-order chi connectivity index (χ0) is 19.6. The van der Waals surface area contributed by atoms with E-state index >= 15 is 0 Å². The molecule has 3 aromatic rings. The normalized spacial score (nSPS) is 10.9. The minimum atomic E-state index is -0.464. The molecule has 0 radical (unpaired) electrons. The molecule has 2 aromatic carbocycles. The molecule has 3 rings (SSSR count). The Morgan fingerprint density at radius 2 is 1.70 bits per heavy atom. The number of carbonyl (C=O) groups is 1. The summed E-state index contributed by atoms with van der Waals surface area (Å²) in [6, 6.07) is 12.5. The number of nitrogens with zero attached hydrogens (tertiary/aromatic N) is 2. The monoisotopic (exact) mass is 422 g/mol. The summed E-state index contributed by atoms with van der Waals surface area (Å²) in [7, 11) is 0. The van der Waals surface area contributed by atoms with E-state index in [0.29, 0.717) is 27.2 Å². The van der Waals surface area contributed by atoms with Crippen LogP contribution in [0.3, 0.4) is 0 Å². The van der Waals surface area contributed by atoms with Gasteiger partial charge in [-0.15, -0.1) is 0 Å². The summed E-state index contributed by atoms with van der Waals surface area (Å²) in [5.74, 6) is -0.464. The summed E-state index contributed by atoms with van der Waals surface area (Å²) < 4.78 is 6.85. The Kier molecular flexibility index (Phi) is 6.10. The van der Waals surface area contributed by atoms with E-state index in [0.717, 1.165) is 16.8 Å². The van der Waals surface area contributed by atoms with Crippen LogP contribution in [0.25, 0.3) is 16.9 Å². The van der Waals surface area contributed by atoms with E-state index in [4.69, 9.17) is 39.5 Å². The van der Waals surface area contributed by atoms with Gasteiger partial charge in [-0.2, -0.15) is 5.10 Å². The lowest BCUT2D eigenvalue weighted by molar-refractivity contribution is 0.0517. The third-order valence-electron chi connectivity index (χ3n) is 4.06. The predicted molar refractivity (Wildman–Crippen MR) is 109 cm³/mol. The minimum Gasteiger partial charge on any atom is -0.461 e. The molecule has 4 nitrogen and oxygen atoms in total. The van der Waals surface area contributed by atoms with Crippen LogP contribution in [-0.4, -0.2) is 22.4 Å². The number of esters is 1. The Morgan fingerprint density at radius 3 is 2.30 bits per heavy atom. The maximum absolute atomic E-state index is 12.5. The molecule has 0 N–H and O–H groups in total. The quantitative estimate of drug-likeness (QED) is 0.456. The second-order valence-electron chi connectivity index (χ2n) is 5.76. The summed E-state index contributed by atoms with van der Waals surface area (Å²) in [6.07, 6.45) is 0.595. The third kappa shape index (κ3) is 3.98. The topological polar surface area (TPSA) is 44.1 Å². The van der Waals surface area contributed by atoms with Crippen LogP contribution in [0.2, 0.25) is 15.1 Å². The highest BCUT2D eigenvalue weighted by Gasteiger charge is 2.25. The van der Waals surface area contributed by atoms with Crippen molar-refractivity contribution in [3.05, 3.63) is 68.8 Å². The fraction of sp³-hybridized carbons (Fsp3) is 0.200. The molecular weight excluding hydrogens is 407 g/mol. The highest BCUT2D eigenvalue weighted by Crippen LogP contribution is 2.34. The number of ether oxygens (including phenoxy) is 1. The van der Waals surface area contributed by atoms with Gasteiger partial charge in [0.1, 0.15) is 0 Å². The van der Waals surface area contributed by atoms with E-state index < -0.39 is 5.97 Å². The molecule has 7 heteroatoms. The van der Waals surface area contributed by atoms with Gasteiger partial charge in [-0.1, -0.05) is 53.9 Å². The summed E-state index contributed by atoms with van der Waals surface area (Å²) in [4.78, 5) is 12.5. The average Bonchev–Trinajstić information content (AvgIpc) is 3.02. The number of benzene rings is 2. The molecule has 0 aliphatic carbocycles. The smallest absolute Gasteiger partial charge is 0.359 e. The number of hydrogen-bond acceptors (Lipinski definition) is 3.